The zero-order valence-corrected chi connectivity index (χ0v) is 63.6. The van der Waals surface area contributed by atoms with E-state index in [0.29, 0.717) is 25.7 Å². The van der Waals surface area contributed by atoms with Crippen LogP contribution in [0.4, 0.5) is 0 Å². The number of esters is 4. The highest BCUT2D eigenvalue weighted by molar-refractivity contribution is 7.47. The van der Waals surface area contributed by atoms with E-state index in [9.17, 15) is 43.2 Å². The molecule has 0 aromatic heterocycles. The van der Waals surface area contributed by atoms with Gasteiger partial charge >= 0.3 is 39.5 Å². The molecule has 0 aliphatic rings. The molecule has 0 amide bonds. The average Bonchev–Trinajstić information content (AvgIpc) is 3.46. The molecule has 3 N–H and O–H groups in total. The van der Waals surface area contributed by atoms with Gasteiger partial charge in [-0.25, -0.2) is 9.13 Å². The molecule has 0 fully saturated rings. The van der Waals surface area contributed by atoms with Gasteiger partial charge in [0.25, 0.3) is 0 Å². The third-order valence-electron chi connectivity index (χ3n) is 17.8. The Bertz CT molecular complexity index is 1820. The SMILES string of the molecule is CCCCCCCCCCCCCCCCCCCCCC(=O)O[C@H](COC(=O)CCCCCCCCCCCCCCCC)COP(=O)(O)OC[C@@H](O)COP(=O)(O)OC[C@@H](COC(=O)CCCCCCCCCCCCC)OC(=O)CCCCCCCCCCC(C)C. The van der Waals surface area contributed by atoms with Crippen molar-refractivity contribution in [3.05, 3.63) is 0 Å². The van der Waals surface area contributed by atoms with Crippen LogP contribution in [0.1, 0.15) is 401 Å². The largest absolute Gasteiger partial charge is 0.472 e. The van der Waals surface area contributed by atoms with Crippen LogP contribution in [0.3, 0.4) is 0 Å². The van der Waals surface area contributed by atoms with E-state index >= 15 is 0 Å². The highest BCUT2D eigenvalue weighted by Gasteiger charge is 2.30. The first-order valence-corrected chi connectivity index (χ1v) is 42.6. The summed E-state index contributed by atoms with van der Waals surface area (Å²) in [4.78, 5) is 72.8. The lowest BCUT2D eigenvalue weighted by molar-refractivity contribution is -0.161. The molecule has 17 nitrogen and oxygen atoms in total. The smallest absolute Gasteiger partial charge is 0.462 e. The van der Waals surface area contributed by atoms with Gasteiger partial charge in [-0.2, -0.15) is 0 Å². The summed E-state index contributed by atoms with van der Waals surface area (Å²) in [6, 6.07) is 0. The Balaban J connectivity index is 5.22. The number of carbonyl (C=O) groups excluding carboxylic acids is 4. The van der Waals surface area contributed by atoms with Crippen molar-refractivity contribution >= 4 is 39.5 Å². The van der Waals surface area contributed by atoms with E-state index in [2.05, 4.69) is 34.6 Å². The number of rotatable bonds is 76. The van der Waals surface area contributed by atoms with E-state index in [-0.39, 0.29) is 25.7 Å². The molecule has 19 heteroatoms. The summed E-state index contributed by atoms with van der Waals surface area (Å²) in [7, 11) is -9.91. The van der Waals surface area contributed by atoms with E-state index < -0.39 is 97.5 Å². The van der Waals surface area contributed by atoms with Crippen molar-refractivity contribution in [1.29, 1.82) is 0 Å². The number of aliphatic hydroxyl groups excluding tert-OH is 1. The van der Waals surface area contributed by atoms with Gasteiger partial charge in [0.15, 0.2) is 12.2 Å². The molecular weight excluding hydrogens is 1250 g/mol. The molecule has 95 heavy (non-hydrogen) atoms. The minimum Gasteiger partial charge on any atom is -0.462 e. The summed E-state index contributed by atoms with van der Waals surface area (Å²) >= 11 is 0. The molecule has 0 heterocycles. The average molecular weight is 1400 g/mol. The van der Waals surface area contributed by atoms with Crippen molar-refractivity contribution in [3.63, 3.8) is 0 Å². The number of ether oxygens (including phenoxy) is 4. The zero-order chi connectivity index (χ0) is 69.8. The fourth-order valence-corrected chi connectivity index (χ4v) is 13.3. The normalized spacial score (nSPS) is 13.9. The van der Waals surface area contributed by atoms with Crippen LogP contribution in [-0.4, -0.2) is 96.7 Å². The van der Waals surface area contributed by atoms with Crippen molar-refractivity contribution in [2.75, 3.05) is 39.6 Å². The van der Waals surface area contributed by atoms with Gasteiger partial charge in [-0.15, -0.1) is 0 Å². The first kappa shape index (κ1) is 93.1. The number of phosphoric ester groups is 2. The lowest BCUT2D eigenvalue weighted by Gasteiger charge is -2.21. The van der Waals surface area contributed by atoms with E-state index in [1.807, 2.05) is 0 Å². The second kappa shape index (κ2) is 69.2. The van der Waals surface area contributed by atoms with Crippen molar-refractivity contribution in [2.24, 2.45) is 5.92 Å². The van der Waals surface area contributed by atoms with Crippen molar-refractivity contribution in [3.8, 4) is 0 Å². The topological polar surface area (TPSA) is 237 Å². The first-order chi connectivity index (χ1) is 46.0. The summed E-state index contributed by atoms with van der Waals surface area (Å²) in [5, 5.41) is 10.6. The molecule has 0 aromatic carbocycles. The Hall–Kier alpha value is -1.94. The maximum absolute atomic E-state index is 13.1. The van der Waals surface area contributed by atoms with Gasteiger partial charge in [0, 0.05) is 25.7 Å². The summed E-state index contributed by atoms with van der Waals surface area (Å²) in [5.74, 6) is -1.40. The second-order valence-corrected chi connectivity index (χ2v) is 30.8. The third kappa shape index (κ3) is 70.3. The van der Waals surface area contributed by atoms with Gasteiger partial charge < -0.3 is 33.8 Å². The molecule has 0 spiro atoms. The predicted molar refractivity (Wildman–Crippen MR) is 386 cm³/mol. The molecule has 2 unspecified atom stereocenters. The molecule has 0 aliphatic carbocycles. The van der Waals surface area contributed by atoms with Crippen LogP contribution in [0.2, 0.25) is 0 Å². The summed E-state index contributed by atoms with van der Waals surface area (Å²) in [6.07, 6.45) is 58.3. The molecule has 5 atom stereocenters. The molecule has 0 saturated carbocycles. The van der Waals surface area contributed by atoms with Gasteiger partial charge in [0.2, 0.25) is 0 Å². The van der Waals surface area contributed by atoms with Gasteiger partial charge in [-0.1, -0.05) is 349 Å². The molecule has 0 rings (SSSR count). The summed E-state index contributed by atoms with van der Waals surface area (Å²) < 4.78 is 68.5. The van der Waals surface area contributed by atoms with Crippen LogP contribution in [0.5, 0.6) is 0 Å². The molecule has 0 aromatic rings. The minimum atomic E-state index is -4.96. The Morgan fingerprint density at radius 3 is 0.716 bits per heavy atom. The third-order valence-corrected chi connectivity index (χ3v) is 19.7. The molecule has 0 saturated heterocycles. The van der Waals surface area contributed by atoms with E-state index in [0.717, 1.165) is 95.8 Å². The van der Waals surface area contributed by atoms with Gasteiger partial charge in [0.05, 0.1) is 26.4 Å². The Morgan fingerprint density at radius 2 is 0.484 bits per heavy atom. The van der Waals surface area contributed by atoms with Crippen LogP contribution >= 0.6 is 15.6 Å². The maximum Gasteiger partial charge on any atom is 0.472 e. The monoisotopic (exact) mass is 1400 g/mol. The minimum absolute atomic E-state index is 0.105. The van der Waals surface area contributed by atoms with E-state index in [1.54, 1.807) is 0 Å². The first-order valence-electron chi connectivity index (χ1n) is 39.6. The number of phosphoric acid groups is 2. The van der Waals surface area contributed by atoms with Crippen molar-refractivity contribution < 1.29 is 80.2 Å². The van der Waals surface area contributed by atoms with Crippen LogP contribution in [0, 0.1) is 5.92 Å². The Kier molecular flexibility index (Phi) is 67.7. The van der Waals surface area contributed by atoms with Gasteiger partial charge in [-0.3, -0.25) is 37.3 Å². The lowest BCUT2D eigenvalue weighted by atomic mass is 10.0. The molecule has 0 radical (unpaired) electrons. The number of carbonyl (C=O) groups is 4. The maximum atomic E-state index is 13.1. The van der Waals surface area contributed by atoms with Gasteiger partial charge in [0.1, 0.15) is 19.3 Å². The lowest BCUT2D eigenvalue weighted by Crippen LogP contribution is -2.30. The number of hydrogen-bond donors (Lipinski definition) is 3. The number of aliphatic hydroxyl groups is 1. The van der Waals surface area contributed by atoms with Crippen LogP contribution < -0.4 is 0 Å². The zero-order valence-electron chi connectivity index (χ0n) is 61.8. The molecule has 564 valence electrons. The predicted octanol–water partition coefficient (Wildman–Crippen LogP) is 22.5. The Labute approximate surface area is 581 Å². The van der Waals surface area contributed by atoms with Crippen LogP contribution in [0.15, 0.2) is 0 Å². The number of unbranched alkanes of at least 4 members (excludes halogenated alkanes) is 48. The number of hydrogen-bond acceptors (Lipinski definition) is 15. The summed E-state index contributed by atoms with van der Waals surface area (Å²) in [6.45, 7) is 7.25. The van der Waals surface area contributed by atoms with Crippen molar-refractivity contribution in [1.82, 2.24) is 0 Å². The molecular formula is C76H148O17P2. The van der Waals surface area contributed by atoms with Crippen LogP contribution in [0.25, 0.3) is 0 Å². The molecule has 0 aliphatic heterocycles. The fraction of sp³-hybridized carbons (Fsp3) is 0.947. The standard InChI is InChI=1S/C76H148O17P2/c1-6-9-12-15-18-21-24-26-28-29-30-31-32-34-37-40-46-51-56-61-75(80)92-71(65-87-74(79)60-55-50-45-39-36-33-27-25-22-19-16-13-10-7-2)67-90-94(82,83)88-63-70(77)64-89-95(84,85)91-68-72(93-76(81)62-57-52-47-42-41-43-48-53-58-69(4)5)66-86-73(78)59-54-49-44-38-35-23-20-17-14-11-8-3/h69-72,77H,6-68H2,1-5H3,(H,82,83)(H,84,85)/t70-,71-,72-/m1/s1. The molecule has 0 bridgehead atoms. The van der Waals surface area contributed by atoms with E-state index in [4.69, 9.17) is 37.0 Å². The van der Waals surface area contributed by atoms with Crippen LogP contribution in [-0.2, 0) is 65.4 Å². The second-order valence-electron chi connectivity index (χ2n) is 27.9. The summed E-state index contributed by atoms with van der Waals surface area (Å²) in [5.41, 5.74) is 0. The Morgan fingerprint density at radius 1 is 0.284 bits per heavy atom. The van der Waals surface area contributed by atoms with Gasteiger partial charge in [-0.05, 0) is 31.6 Å². The van der Waals surface area contributed by atoms with E-state index in [1.165, 1.54) is 225 Å². The van der Waals surface area contributed by atoms with Crippen molar-refractivity contribution in [2.45, 2.75) is 419 Å². The highest BCUT2D eigenvalue weighted by atomic mass is 31.2. The highest BCUT2D eigenvalue weighted by Crippen LogP contribution is 2.45. The fourth-order valence-electron chi connectivity index (χ4n) is 11.7. The quantitative estimate of drug-likeness (QED) is 0.0222.